The Morgan fingerprint density at radius 1 is 0.549 bits per heavy atom. The van der Waals surface area contributed by atoms with Crippen molar-refractivity contribution in [2.75, 3.05) is 10.6 Å². The predicted molar refractivity (Wildman–Crippen MR) is 320 cm³/mol. The fourth-order valence-corrected chi connectivity index (χ4v) is 12.2. The standard InChI is InChI=1S/2C31H36N6O3S/c2*1-19-15-22(6-5-20(19)9-12-26(38)27-17-33-29(41-27)31(2,3)4)25-13-14-32-30(36-25)35-23-16-34-37(18-23)24-10-7-21(8-11-24)28(39)40/h2*5-6,13-18,21,24H,7-12H2,1-4H3,(H,39,40)(H,32,35,36). The van der Waals surface area contributed by atoms with Gasteiger partial charge in [0, 0.05) is 72.0 Å². The maximum atomic E-state index is 12.8. The second kappa shape index (κ2) is 25.5. The quantitative estimate of drug-likeness (QED) is 0.0583. The number of hydrogen-bond acceptors (Lipinski definition) is 16. The first-order valence-electron chi connectivity index (χ1n) is 28.1. The third-order valence-electron chi connectivity index (χ3n) is 15.2. The zero-order valence-corrected chi connectivity index (χ0v) is 49.5. The number of benzene rings is 2. The highest BCUT2D eigenvalue weighted by Crippen LogP contribution is 2.35. The van der Waals surface area contributed by atoms with Crippen LogP contribution in [0.4, 0.5) is 23.3 Å². The number of aromatic nitrogens is 10. The van der Waals surface area contributed by atoms with Crippen LogP contribution in [-0.2, 0) is 33.3 Å². The number of thiazole rings is 2. The first-order valence-corrected chi connectivity index (χ1v) is 29.7. The molecule has 2 saturated carbocycles. The second-order valence-electron chi connectivity index (χ2n) is 23.6. The van der Waals surface area contributed by atoms with Gasteiger partial charge in [0.2, 0.25) is 11.9 Å². The molecule has 0 amide bonds. The molecule has 0 atom stereocenters. The van der Waals surface area contributed by atoms with Crippen molar-refractivity contribution in [3.05, 3.63) is 140 Å². The molecule has 8 aromatic rings. The van der Waals surface area contributed by atoms with Crippen molar-refractivity contribution in [3.63, 3.8) is 0 Å². The van der Waals surface area contributed by atoms with E-state index in [0.29, 0.717) is 63.3 Å². The van der Waals surface area contributed by atoms with Crippen LogP contribution in [0.3, 0.4) is 0 Å². The molecule has 10 rings (SSSR count). The summed E-state index contributed by atoms with van der Waals surface area (Å²) in [7, 11) is 0. The molecule has 0 bridgehead atoms. The first kappa shape index (κ1) is 58.8. The average Bonchev–Trinajstić information content (AvgIpc) is 4.34. The van der Waals surface area contributed by atoms with Crippen molar-refractivity contribution in [2.45, 2.75) is 155 Å². The number of carbonyl (C=O) groups is 4. The van der Waals surface area contributed by atoms with Gasteiger partial charge >= 0.3 is 11.9 Å². The summed E-state index contributed by atoms with van der Waals surface area (Å²) in [6.45, 7) is 16.8. The highest BCUT2D eigenvalue weighted by Gasteiger charge is 2.29. The maximum absolute atomic E-state index is 12.8. The van der Waals surface area contributed by atoms with Crippen molar-refractivity contribution < 1.29 is 29.4 Å². The molecule has 428 valence electrons. The van der Waals surface area contributed by atoms with Crippen LogP contribution in [0.1, 0.15) is 169 Å². The van der Waals surface area contributed by atoms with Crippen LogP contribution < -0.4 is 10.6 Å². The molecule has 82 heavy (non-hydrogen) atoms. The molecule has 6 aromatic heterocycles. The van der Waals surface area contributed by atoms with Crippen molar-refractivity contribution >= 4 is 69.5 Å². The maximum Gasteiger partial charge on any atom is 0.306 e. The Morgan fingerprint density at radius 3 is 1.28 bits per heavy atom. The Balaban J connectivity index is 0.000000198. The van der Waals surface area contributed by atoms with E-state index in [4.69, 9.17) is 9.97 Å². The molecule has 2 aliphatic rings. The average molecular weight is 1150 g/mol. The lowest BCUT2D eigenvalue weighted by atomic mass is 9.86. The van der Waals surface area contributed by atoms with Crippen LogP contribution in [0.2, 0.25) is 0 Å². The fourth-order valence-electron chi connectivity index (χ4n) is 10.3. The van der Waals surface area contributed by atoms with Gasteiger partial charge in [0.05, 0.1) is 78.8 Å². The molecule has 18 nitrogen and oxygen atoms in total. The van der Waals surface area contributed by atoms with Crippen LogP contribution in [0.5, 0.6) is 0 Å². The van der Waals surface area contributed by atoms with Crippen LogP contribution in [0.15, 0.2) is 98.1 Å². The Morgan fingerprint density at radius 2 is 0.939 bits per heavy atom. The van der Waals surface area contributed by atoms with Crippen LogP contribution >= 0.6 is 22.7 Å². The Labute approximate surface area is 486 Å². The van der Waals surface area contributed by atoms with Crippen molar-refractivity contribution in [3.8, 4) is 22.5 Å². The van der Waals surface area contributed by atoms with Crippen LogP contribution in [0, 0.1) is 25.7 Å². The number of carboxylic acid groups (broad SMARTS) is 2. The lowest BCUT2D eigenvalue weighted by Gasteiger charge is -2.26. The van der Waals surface area contributed by atoms with E-state index in [9.17, 15) is 29.4 Å². The number of Topliss-reactive ketones (excluding diaryl/α,β-unsaturated/α-hetero) is 2. The normalized spacial score (nSPS) is 17.4. The van der Waals surface area contributed by atoms with Gasteiger partial charge in [-0.2, -0.15) is 10.2 Å². The number of carboxylic acids is 2. The summed E-state index contributed by atoms with van der Waals surface area (Å²) in [6, 6.07) is 16.6. The predicted octanol–water partition coefficient (Wildman–Crippen LogP) is 13.6. The second-order valence-corrected chi connectivity index (χ2v) is 25.6. The minimum Gasteiger partial charge on any atom is -0.481 e. The summed E-state index contributed by atoms with van der Waals surface area (Å²) in [6.07, 6.45) is 22.4. The summed E-state index contributed by atoms with van der Waals surface area (Å²) < 4.78 is 3.82. The molecule has 6 heterocycles. The third kappa shape index (κ3) is 15.0. The lowest BCUT2D eigenvalue weighted by Crippen LogP contribution is -2.23. The van der Waals surface area contributed by atoms with Gasteiger partial charge in [0.15, 0.2) is 11.6 Å². The Kier molecular flexibility index (Phi) is 18.3. The van der Waals surface area contributed by atoms with Gasteiger partial charge in [-0.15, -0.1) is 22.7 Å². The molecular formula is C62H72N12O6S2. The molecule has 2 fully saturated rings. The SMILES string of the molecule is Cc1cc(-c2ccnc(Nc3cnn(C4CCC(C(=O)O)CC4)c3)n2)ccc1CCC(=O)c1cnc(C(C)(C)C)s1.Cc1cc(-c2ccnc(Nc3cnn(C4CCC(C(=O)O)CC4)c3)n2)ccc1CCC(=O)c1cnc(C(C)(C)C)s1. The van der Waals surface area contributed by atoms with Gasteiger partial charge in [-0.05, 0) is 125 Å². The minimum absolute atomic E-state index is 0.0574. The molecule has 0 aliphatic heterocycles. The van der Waals surface area contributed by atoms with Gasteiger partial charge < -0.3 is 20.8 Å². The van der Waals surface area contributed by atoms with E-state index in [2.05, 4.69) is 120 Å². The third-order valence-corrected chi connectivity index (χ3v) is 18.2. The molecular weight excluding hydrogens is 1070 g/mol. The largest absolute Gasteiger partial charge is 0.481 e. The number of aryl methyl sites for hydroxylation is 4. The van der Waals surface area contributed by atoms with Crippen molar-refractivity contribution in [1.29, 1.82) is 0 Å². The van der Waals surface area contributed by atoms with Crippen molar-refractivity contribution in [1.82, 2.24) is 49.5 Å². The highest BCUT2D eigenvalue weighted by atomic mass is 32.1. The van der Waals surface area contributed by atoms with Crippen LogP contribution in [0.25, 0.3) is 22.5 Å². The summed E-state index contributed by atoms with van der Waals surface area (Å²) in [5, 5.41) is 35.9. The van der Waals surface area contributed by atoms with Crippen molar-refractivity contribution in [2.24, 2.45) is 11.8 Å². The van der Waals surface area contributed by atoms with E-state index in [-0.39, 0.29) is 46.3 Å². The number of carbonyl (C=O) groups excluding carboxylic acids is 2. The number of ketones is 2. The zero-order chi connectivity index (χ0) is 58.3. The van der Waals surface area contributed by atoms with E-state index in [1.165, 1.54) is 22.7 Å². The minimum atomic E-state index is -0.704. The number of nitrogens with one attached hydrogen (secondary N) is 2. The van der Waals surface area contributed by atoms with E-state index < -0.39 is 11.9 Å². The monoisotopic (exact) mass is 1140 g/mol. The van der Waals surface area contributed by atoms with Gasteiger partial charge in [-0.3, -0.25) is 28.5 Å². The van der Waals surface area contributed by atoms with E-state index in [1.807, 2.05) is 46.0 Å². The number of rotatable bonds is 18. The number of aliphatic carboxylic acids is 2. The van der Waals surface area contributed by atoms with Gasteiger partial charge in [-0.1, -0.05) is 65.8 Å². The molecule has 0 unspecified atom stereocenters. The number of anilines is 4. The molecule has 20 heteroatoms. The molecule has 2 aromatic carbocycles. The smallest absolute Gasteiger partial charge is 0.306 e. The highest BCUT2D eigenvalue weighted by molar-refractivity contribution is 7.14. The van der Waals surface area contributed by atoms with E-state index in [0.717, 1.165) is 102 Å². The first-order chi connectivity index (χ1) is 39.1. The topological polar surface area (TPSA) is 246 Å². The fraction of sp³-hybridized carbons (Fsp3) is 0.419. The van der Waals surface area contributed by atoms with Gasteiger partial charge in [0.25, 0.3) is 0 Å². The molecule has 2 aliphatic carbocycles. The summed E-state index contributed by atoms with van der Waals surface area (Å²) in [5.41, 5.74) is 9.51. The zero-order valence-electron chi connectivity index (χ0n) is 47.8. The summed E-state index contributed by atoms with van der Waals surface area (Å²) in [4.78, 5) is 76.6. The number of nitrogens with zero attached hydrogens (tertiary/aromatic N) is 10. The molecule has 0 spiro atoms. The van der Waals surface area contributed by atoms with Gasteiger partial charge in [-0.25, -0.2) is 29.9 Å². The molecule has 0 radical (unpaired) electrons. The number of hydrogen-bond donors (Lipinski definition) is 4. The van der Waals surface area contributed by atoms with Gasteiger partial charge in [0.1, 0.15) is 0 Å². The Hall–Kier alpha value is -7.84. The van der Waals surface area contributed by atoms with Crippen LogP contribution in [-0.4, -0.2) is 83.2 Å². The van der Waals surface area contributed by atoms with E-state index in [1.54, 1.807) is 37.2 Å². The molecule has 0 saturated heterocycles. The summed E-state index contributed by atoms with van der Waals surface area (Å²) >= 11 is 2.99. The summed E-state index contributed by atoms with van der Waals surface area (Å²) in [5.74, 6) is -0.697. The Bertz CT molecular complexity index is 3320. The lowest BCUT2D eigenvalue weighted by molar-refractivity contribution is -0.144. The molecule has 4 N–H and O–H groups in total. The van der Waals surface area contributed by atoms with E-state index >= 15 is 0 Å².